The number of hydrogen-bond acceptors (Lipinski definition) is 15. The summed E-state index contributed by atoms with van der Waals surface area (Å²) in [6.07, 6.45) is 6.01. The van der Waals surface area contributed by atoms with Crippen molar-refractivity contribution in [3.05, 3.63) is 96.5 Å². The molecule has 6 heterocycles. The van der Waals surface area contributed by atoms with Gasteiger partial charge in [-0.3, -0.25) is 14.8 Å². The molecule has 18 nitrogen and oxygen atoms in total. The predicted octanol–water partition coefficient (Wildman–Crippen LogP) is 4.73. The van der Waals surface area contributed by atoms with Crippen LogP contribution in [-0.2, 0) is 23.1 Å². The molecular formula is C44H54FN15O3. The average Bonchev–Trinajstić information content (AvgIpc) is 4.01. The summed E-state index contributed by atoms with van der Waals surface area (Å²) in [6, 6.07) is 14.7. The standard InChI is InChI=1S/C44H54FN15O3/c1-8-30(24-61)50-43-54-39(31-16-18-60(26(2)3)40(31)55-43)58(21-28-12-14-29(15-13-28)33-11-9-10-17-48-33)20-27(4)42(62)52-35-23-59(22-32(35)45)44-53-38(36-41(56-44)57(6)25-49-36)51-34(19-47-5)37(46)63-7/h9-19,25-26,30,32,35,61H,4,8,20-24,46H2,1-3,5-7H3,(H,52,62)(H,50,54,55)(H,51,53,56)/b37-34-,47-19?/t30-,32-,35-/m1/s1. The Hall–Kier alpha value is -7.15. The zero-order chi connectivity index (χ0) is 44.8. The van der Waals surface area contributed by atoms with Crippen molar-refractivity contribution in [3.8, 4) is 11.3 Å². The van der Waals surface area contributed by atoms with E-state index in [-0.39, 0.29) is 55.7 Å². The molecule has 63 heavy (non-hydrogen) atoms. The summed E-state index contributed by atoms with van der Waals surface area (Å²) in [7, 11) is 4.82. The number of aryl methyl sites for hydroxylation is 1. The molecule has 3 atom stereocenters. The van der Waals surface area contributed by atoms with Crippen LogP contribution in [0.1, 0.15) is 38.8 Å². The van der Waals surface area contributed by atoms with Gasteiger partial charge < -0.3 is 50.5 Å². The predicted molar refractivity (Wildman–Crippen MR) is 244 cm³/mol. The van der Waals surface area contributed by atoms with Gasteiger partial charge in [-0.05, 0) is 44.0 Å². The minimum atomic E-state index is -1.45. The van der Waals surface area contributed by atoms with Gasteiger partial charge >= 0.3 is 0 Å². The number of methoxy groups -OCH3 is 1. The first-order valence-electron chi connectivity index (χ1n) is 20.7. The van der Waals surface area contributed by atoms with Gasteiger partial charge in [-0.15, -0.1) is 0 Å². The quantitative estimate of drug-likeness (QED) is 0.0449. The van der Waals surface area contributed by atoms with Crippen molar-refractivity contribution >= 4 is 57.9 Å². The number of aliphatic hydroxyl groups excluding tert-OH is 1. The summed E-state index contributed by atoms with van der Waals surface area (Å²) in [5, 5.41) is 20.2. The van der Waals surface area contributed by atoms with E-state index in [0.717, 1.165) is 22.2 Å². The third-order valence-electron chi connectivity index (χ3n) is 10.8. The first-order valence-corrected chi connectivity index (χ1v) is 20.7. The van der Waals surface area contributed by atoms with Crippen LogP contribution in [0.4, 0.5) is 27.9 Å². The zero-order valence-corrected chi connectivity index (χ0v) is 36.3. The van der Waals surface area contributed by atoms with E-state index in [4.69, 9.17) is 30.4 Å². The maximum atomic E-state index is 16.0. The number of aromatic nitrogens is 8. The first kappa shape index (κ1) is 43.9. The number of benzene rings is 1. The van der Waals surface area contributed by atoms with Crippen LogP contribution in [0.5, 0.6) is 0 Å². The average molecular weight is 860 g/mol. The molecule has 1 fully saturated rings. The Labute approximate surface area is 364 Å². The van der Waals surface area contributed by atoms with Gasteiger partial charge in [0.05, 0.1) is 49.8 Å². The van der Waals surface area contributed by atoms with Crippen LogP contribution in [0, 0.1) is 0 Å². The SMILES string of the molecule is C=C(CN(Cc1ccc(-c2ccccn2)cc1)c1nc(N[C@H](CC)CO)nc2c1ccn2C(C)C)C(=O)N[C@@H]1CN(c2nc(N/C(C=NC)=C(/N)OC)c3ncn(C)c3n2)C[C@H]1F. The number of halogens is 1. The third kappa shape index (κ3) is 9.67. The smallest absolute Gasteiger partial charge is 0.248 e. The monoisotopic (exact) mass is 859 g/mol. The number of carbonyl (C=O) groups is 1. The van der Waals surface area contributed by atoms with E-state index in [1.807, 2.05) is 66.6 Å². The number of imidazole rings is 1. The topological polar surface area (TPSA) is 215 Å². The summed E-state index contributed by atoms with van der Waals surface area (Å²) in [4.78, 5) is 50.0. The first-order chi connectivity index (χ1) is 30.4. The fourth-order valence-corrected chi connectivity index (χ4v) is 7.32. The number of amides is 1. The largest absolute Gasteiger partial charge is 0.481 e. The number of ether oxygens (including phenoxy) is 1. The highest BCUT2D eigenvalue weighted by Gasteiger charge is 2.36. The molecule has 330 valence electrons. The van der Waals surface area contributed by atoms with Crippen LogP contribution in [0.15, 0.2) is 96.0 Å². The van der Waals surface area contributed by atoms with E-state index in [2.05, 4.69) is 55.9 Å². The Kier molecular flexibility index (Phi) is 13.4. The number of nitrogens with one attached hydrogen (secondary N) is 3. The van der Waals surface area contributed by atoms with E-state index in [9.17, 15) is 9.90 Å². The second-order valence-electron chi connectivity index (χ2n) is 15.6. The van der Waals surface area contributed by atoms with Crippen molar-refractivity contribution in [3.63, 3.8) is 0 Å². The Morgan fingerprint density at radius 2 is 1.90 bits per heavy atom. The van der Waals surface area contributed by atoms with Gasteiger partial charge in [-0.25, -0.2) is 9.37 Å². The molecule has 0 unspecified atom stereocenters. The van der Waals surface area contributed by atoms with Gasteiger partial charge in [-0.2, -0.15) is 19.9 Å². The van der Waals surface area contributed by atoms with Crippen LogP contribution in [0.25, 0.3) is 33.5 Å². The lowest BCUT2D eigenvalue weighted by Crippen LogP contribution is -2.43. The number of nitrogens with zero attached hydrogens (tertiary/aromatic N) is 11. The highest BCUT2D eigenvalue weighted by molar-refractivity contribution is 5.95. The van der Waals surface area contributed by atoms with Crippen molar-refractivity contribution in [1.29, 1.82) is 0 Å². The zero-order valence-electron chi connectivity index (χ0n) is 36.3. The Morgan fingerprint density at radius 3 is 2.59 bits per heavy atom. The Morgan fingerprint density at radius 1 is 1.11 bits per heavy atom. The second-order valence-corrected chi connectivity index (χ2v) is 15.6. The number of aliphatic hydroxyl groups is 1. The fraction of sp³-hybridized carbons (Fsp3) is 0.364. The van der Waals surface area contributed by atoms with Gasteiger partial charge in [-0.1, -0.05) is 43.8 Å². The minimum absolute atomic E-state index is 0.0493. The number of rotatable bonds is 18. The van der Waals surface area contributed by atoms with Crippen LogP contribution in [0.2, 0.25) is 0 Å². The van der Waals surface area contributed by atoms with E-state index in [1.54, 1.807) is 36.1 Å². The summed E-state index contributed by atoms with van der Waals surface area (Å²) >= 11 is 0. The number of carbonyl (C=O) groups excluding carboxylic acids is 1. The minimum Gasteiger partial charge on any atom is -0.481 e. The third-order valence-corrected chi connectivity index (χ3v) is 10.8. The lowest BCUT2D eigenvalue weighted by Gasteiger charge is -2.27. The normalized spacial score (nSPS) is 16.2. The molecule has 1 saturated heterocycles. The summed E-state index contributed by atoms with van der Waals surface area (Å²) in [5.74, 6) is 1.02. The van der Waals surface area contributed by atoms with Gasteiger partial charge in [0.25, 0.3) is 0 Å². The highest BCUT2D eigenvalue weighted by atomic mass is 19.1. The van der Waals surface area contributed by atoms with Crippen molar-refractivity contribution in [2.24, 2.45) is 17.8 Å². The molecule has 7 rings (SSSR count). The van der Waals surface area contributed by atoms with Crippen molar-refractivity contribution in [2.75, 3.05) is 60.8 Å². The van der Waals surface area contributed by atoms with Crippen molar-refractivity contribution < 1.29 is 19.0 Å². The van der Waals surface area contributed by atoms with Crippen LogP contribution in [0.3, 0.4) is 0 Å². The highest BCUT2D eigenvalue weighted by Crippen LogP contribution is 2.32. The molecule has 19 heteroatoms. The number of nitrogens with two attached hydrogens (primary N) is 1. The summed E-state index contributed by atoms with van der Waals surface area (Å²) in [6.45, 7) is 10.6. The number of aliphatic imine (C=N–C) groups is 1. The molecule has 0 spiro atoms. The van der Waals surface area contributed by atoms with Gasteiger partial charge in [0, 0.05) is 69.5 Å². The number of alkyl halides is 1. The molecule has 1 aromatic carbocycles. The number of anilines is 4. The van der Waals surface area contributed by atoms with E-state index >= 15 is 4.39 Å². The number of pyridine rings is 1. The van der Waals surface area contributed by atoms with E-state index in [0.29, 0.717) is 53.1 Å². The molecule has 0 saturated carbocycles. The second kappa shape index (κ2) is 19.3. The number of allylic oxidation sites excluding steroid dienone is 1. The molecule has 0 bridgehead atoms. The molecule has 1 aliphatic heterocycles. The molecule has 0 aliphatic carbocycles. The van der Waals surface area contributed by atoms with Gasteiger partial charge in [0.1, 0.15) is 23.3 Å². The molecule has 6 N–H and O–H groups in total. The lowest BCUT2D eigenvalue weighted by atomic mass is 10.1. The number of hydrogen-bond donors (Lipinski definition) is 5. The Balaban J connectivity index is 1.16. The number of fused-ring (bicyclic) bond motifs is 2. The summed E-state index contributed by atoms with van der Waals surface area (Å²) < 4.78 is 25.0. The Bertz CT molecular complexity index is 2620. The van der Waals surface area contributed by atoms with Crippen LogP contribution < -0.4 is 31.5 Å². The van der Waals surface area contributed by atoms with E-state index < -0.39 is 18.1 Å². The fourth-order valence-electron chi connectivity index (χ4n) is 7.32. The molecule has 6 aromatic rings. The van der Waals surface area contributed by atoms with E-state index in [1.165, 1.54) is 13.3 Å². The molecular weight excluding hydrogens is 806 g/mol. The van der Waals surface area contributed by atoms with Gasteiger partial charge in [0.2, 0.25) is 23.7 Å². The van der Waals surface area contributed by atoms with Crippen LogP contribution in [-0.4, -0.2) is 115 Å². The molecule has 1 aliphatic rings. The molecule has 5 aromatic heterocycles. The molecule has 0 radical (unpaired) electrons. The summed E-state index contributed by atoms with van der Waals surface area (Å²) in [5.41, 5.74) is 11.0. The van der Waals surface area contributed by atoms with Crippen molar-refractivity contribution in [2.45, 2.75) is 58.0 Å². The maximum absolute atomic E-state index is 16.0. The van der Waals surface area contributed by atoms with Crippen LogP contribution >= 0.6 is 0 Å². The maximum Gasteiger partial charge on any atom is 0.248 e. The lowest BCUT2D eigenvalue weighted by molar-refractivity contribution is -0.118. The van der Waals surface area contributed by atoms with Gasteiger partial charge in [0.15, 0.2) is 17.0 Å². The van der Waals surface area contributed by atoms with Crippen molar-refractivity contribution in [1.82, 2.24) is 44.4 Å². The molecule has 1 amide bonds.